The summed E-state index contributed by atoms with van der Waals surface area (Å²) in [5.41, 5.74) is 3.45. The van der Waals surface area contributed by atoms with Gasteiger partial charge in [-0.25, -0.2) is 4.99 Å². The summed E-state index contributed by atoms with van der Waals surface area (Å²) < 4.78 is 12.8. The van der Waals surface area contributed by atoms with E-state index in [1.165, 1.54) is 5.56 Å². The molecule has 0 radical (unpaired) electrons. The third kappa shape index (κ3) is 6.06. The van der Waals surface area contributed by atoms with Gasteiger partial charge in [0.1, 0.15) is 11.4 Å². The van der Waals surface area contributed by atoms with Gasteiger partial charge in [0.25, 0.3) is 5.91 Å². The topological polar surface area (TPSA) is 91.6 Å². The van der Waals surface area contributed by atoms with Gasteiger partial charge in [0.15, 0.2) is 0 Å². The monoisotopic (exact) mass is 511 g/mol. The fourth-order valence-electron chi connectivity index (χ4n) is 5.06. The average Bonchev–Trinajstić information content (AvgIpc) is 3.21. The van der Waals surface area contributed by atoms with Crippen molar-refractivity contribution in [2.45, 2.75) is 40.7 Å². The number of aliphatic imine (C=N–C) groups is 1. The highest BCUT2D eigenvalue weighted by Gasteiger charge is 2.29. The molecule has 1 aromatic heterocycles. The number of hydrogen-bond donors (Lipinski definition) is 2. The number of fused-ring (bicyclic) bond motifs is 1. The van der Waals surface area contributed by atoms with Crippen LogP contribution < -0.4 is 5.32 Å². The third-order valence-electron chi connectivity index (χ3n) is 7.39. The fraction of sp³-hybridized carbons (Fsp3) is 0.571. The Hall–Kier alpha value is -2.72. The van der Waals surface area contributed by atoms with E-state index in [0.717, 1.165) is 43.6 Å². The minimum absolute atomic E-state index is 0.0277. The van der Waals surface area contributed by atoms with Gasteiger partial charge in [0.05, 0.1) is 12.6 Å². The highest BCUT2D eigenvalue weighted by atomic mass is 16.6. The first-order valence-electron chi connectivity index (χ1n) is 13.1. The maximum Gasteiger partial charge on any atom is 0.272 e. The van der Waals surface area contributed by atoms with Gasteiger partial charge in [0, 0.05) is 64.2 Å². The molecule has 2 aliphatic rings. The summed E-state index contributed by atoms with van der Waals surface area (Å²) in [6, 6.07) is 8.16. The lowest BCUT2D eigenvalue weighted by Crippen LogP contribution is -2.50. The molecule has 0 saturated carbocycles. The first-order chi connectivity index (χ1) is 17.6. The number of carbonyl (C=O) groups is 1. The second kappa shape index (κ2) is 11.3. The Labute approximate surface area is 219 Å². The van der Waals surface area contributed by atoms with Crippen LogP contribution in [-0.4, -0.2) is 84.1 Å². The number of aromatic nitrogens is 1. The third-order valence-corrected chi connectivity index (χ3v) is 7.39. The smallest absolute Gasteiger partial charge is 0.272 e. The number of carbonyl (C=O) groups excluding carboxylic acids is 1. The SMILES string of the molecule is CCOC(O)N1CCN(Cc2cccc3cc(C(=O)NC4=CC(C(C)(C)C)CN=C4OC)n(C)c23)CC1. The van der Waals surface area contributed by atoms with Crippen molar-refractivity contribution in [3.05, 3.63) is 47.3 Å². The number of methoxy groups -OCH3 is 1. The van der Waals surface area contributed by atoms with E-state index in [9.17, 15) is 9.90 Å². The number of para-hydroxylation sites is 1. The molecule has 37 heavy (non-hydrogen) atoms. The summed E-state index contributed by atoms with van der Waals surface area (Å²) in [6.45, 7) is 13.5. The van der Waals surface area contributed by atoms with Crippen LogP contribution in [-0.2, 0) is 23.1 Å². The van der Waals surface area contributed by atoms with E-state index in [-0.39, 0.29) is 17.2 Å². The number of ether oxygens (including phenoxy) is 2. The predicted octanol–water partition coefficient (Wildman–Crippen LogP) is 2.94. The van der Waals surface area contributed by atoms with Gasteiger partial charge >= 0.3 is 0 Å². The Bertz CT molecular complexity index is 1170. The summed E-state index contributed by atoms with van der Waals surface area (Å²) in [5, 5.41) is 14.2. The highest BCUT2D eigenvalue weighted by Crippen LogP contribution is 2.31. The molecular weight excluding hydrogens is 470 g/mol. The summed E-state index contributed by atoms with van der Waals surface area (Å²) in [7, 11) is 3.52. The van der Waals surface area contributed by atoms with Crippen molar-refractivity contribution in [1.82, 2.24) is 19.7 Å². The van der Waals surface area contributed by atoms with Crippen LogP contribution in [0.15, 0.2) is 41.0 Å². The molecule has 1 saturated heterocycles. The number of aryl methyl sites for hydroxylation is 1. The lowest BCUT2D eigenvalue weighted by atomic mass is 9.79. The van der Waals surface area contributed by atoms with E-state index >= 15 is 0 Å². The normalized spacial score (nSPS) is 20.5. The Morgan fingerprint density at radius 3 is 2.62 bits per heavy atom. The van der Waals surface area contributed by atoms with Crippen molar-refractivity contribution in [2.75, 3.05) is 46.4 Å². The van der Waals surface area contributed by atoms with Crippen LogP contribution in [0.2, 0.25) is 0 Å². The average molecular weight is 512 g/mol. The number of aliphatic hydroxyl groups excluding tert-OH is 1. The van der Waals surface area contributed by atoms with E-state index in [0.29, 0.717) is 30.4 Å². The van der Waals surface area contributed by atoms with Crippen LogP contribution in [0.25, 0.3) is 10.9 Å². The second-order valence-corrected chi connectivity index (χ2v) is 10.9. The van der Waals surface area contributed by atoms with Crippen molar-refractivity contribution in [2.24, 2.45) is 23.4 Å². The Morgan fingerprint density at radius 1 is 1.24 bits per heavy atom. The van der Waals surface area contributed by atoms with Crippen molar-refractivity contribution in [3.8, 4) is 0 Å². The minimum Gasteiger partial charge on any atom is -0.480 e. The summed E-state index contributed by atoms with van der Waals surface area (Å²) in [5.74, 6) is 0.478. The summed E-state index contributed by atoms with van der Waals surface area (Å²) in [6.07, 6.45) is 1.23. The zero-order chi connectivity index (χ0) is 26.7. The van der Waals surface area contributed by atoms with Crippen LogP contribution in [0.1, 0.15) is 43.7 Å². The van der Waals surface area contributed by atoms with Crippen LogP contribution in [0, 0.1) is 11.3 Å². The molecule has 2 atom stereocenters. The number of nitrogens with zero attached hydrogens (tertiary/aromatic N) is 4. The van der Waals surface area contributed by atoms with Gasteiger partial charge in [-0.2, -0.15) is 0 Å². The number of nitrogens with one attached hydrogen (secondary N) is 1. The van der Waals surface area contributed by atoms with Gasteiger partial charge in [-0.3, -0.25) is 14.6 Å². The molecule has 1 fully saturated rings. The molecule has 0 bridgehead atoms. The zero-order valence-corrected chi connectivity index (χ0v) is 23.0. The first-order valence-corrected chi connectivity index (χ1v) is 13.1. The molecule has 0 aliphatic carbocycles. The first kappa shape index (κ1) is 27.3. The number of amides is 1. The van der Waals surface area contributed by atoms with E-state index in [4.69, 9.17) is 9.47 Å². The minimum atomic E-state index is -0.842. The lowest BCUT2D eigenvalue weighted by Gasteiger charge is -2.36. The van der Waals surface area contributed by atoms with Crippen LogP contribution in [0.3, 0.4) is 0 Å². The van der Waals surface area contributed by atoms with Crippen molar-refractivity contribution < 1.29 is 19.4 Å². The van der Waals surface area contributed by atoms with E-state index in [2.05, 4.69) is 48.1 Å². The lowest BCUT2D eigenvalue weighted by molar-refractivity contribution is -0.198. The van der Waals surface area contributed by atoms with E-state index in [1.54, 1.807) is 7.11 Å². The fourth-order valence-corrected chi connectivity index (χ4v) is 5.06. The Kier molecular flexibility index (Phi) is 8.38. The molecule has 2 aliphatic heterocycles. The molecule has 3 heterocycles. The molecule has 4 rings (SSSR count). The van der Waals surface area contributed by atoms with Crippen molar-refractivity contribution in [1.29, 1.82) is 0 Å². The molecule has 1 amide bonds. The number of benzene rings is 1. The van der Waals surface area contributed by atoms with Crippen molar-refractivity contribution in [3.63, 3.8) is 0 Å². The zero-order valence-electron chi connectivity index (χ0n) is 23.0. The second-order valence-electron chi connectivity index (χ2n) is 10.9. The standard InChI is InChI=1S/C28H41N5O4/c1-7-37-27(35)33-13-11-32(12-14-33)18-20-10-8-9-19-15-23(31(5)24(19)20)25(34)30-22-16-21(28(2,3)4)17-29-26(22)36-6/h8-10,15-16,21,27,35H,7,11-14,17-18H2,1-6H3,(H,30,34). The number of piperazine rings is 1. The number of aliphatic hydroxyl groups is 1. The number of rotatable bonds is 7. The van der Waals surface area contributed by atoms with E-state index in [1.807, 2.05) is 41.6 Å². The number of dihydropyridines is 1. The van der Waals surface area contributed by atoms with Gasteiger partial charge in [-0.1, -0.05) is 39.0 Å². The highest BCUT2D eigenvalue weighted by molar-refractivity contribution is 6.05. The Morgan fingerprint density at radius 2 is 1.97 bits per heavy atom. The van der Waals surface area contributed by atoms with Gasteiger partial charge in [-0.05, 0) is 30.0 Å². The molecule has 2 unspecified atom stereocenters. The molecule has 9 heteroatoms. The summed E-state index contributed by atoms with van der Waals surface area (Å²) in [4.78, 5) is 22.3. The Balaban J connectivity index is 1.51. The molecule has 2 aromatic rings. The van der Waals surface area contributed by atoms with E-state index < -0.39 is 6.41 Å². The van der Waals surface area contributed by atoms with Gasteiger partial charge in [0.2, 0.25) is 12.3 Å². The van der Waals surface area contributed by atoms with Crippen LogP contribution >= 0.6 is 0 Å². The molecule has 202 valence electrons. The van der Waals surface area contributed by atoms with Gasteiger partial charge in [-0.15, -0.1) is 0 Å². The molecule has 1 aromatic carbocycles. The maximum absolute atomic E-state index is 13.4. The largest absolute Gasteiger partial charge is 0.480 e. The molecule has 9 nitrogen and oxygen atoms in total. The van der Waals surface area contributed by atoms with Crippen LogP contribution in [0.4, 0.5) is 0 Å². The summed E-state index contributed by atoms with van der Waals surface area (Å²) >= 11 is 0. The molecule has 0 spiro atoms. The quantitative estimate of drug-likeness (QED) is 0.556. The van der Waals surface area contributed by atoms with Gasteiger partial charge < -0.3 is 24.5 Å². The number of hydrogen-bond acceptors (Lipinski definition) is 7. The molecule has 2 N–H and O–H groups in total. The van der Waals surface area contributed by atoms with Crippen LogP contribution in [0.5, 0.6) is 0 Å². The van der Waals surface area contributed by atoms with Crippen molar-refractivity contribution >= 4 is 22.7 Å². The maximum atomic E-state index is 13.4. The molecular formula is C28H41N5O4. The predicted molar refractivity (Wildman–Crippen MR) is 145 cm³/mol.